The second-order valence-electron chi connectivity index (χ2n) is 6.52. The Morgan fingerprint density at radius 2 is 1.74 bits per heavy atom. The van der Waals surface area contributed by atoms with Gasteiger partial charge in [0.25, 0.3) is 0 Å². The van der Waals surface area contributed by atoms with E-state index in [0.29, 0.717) is 26.2 Å². The highest BCUT2D eigenvalue weighted by atomic mass is 16.2. The molecule has 1 aliphatic rings. The lowest BCUT2D eigenvalue weighted by Gasteiger charge is -2.34. The van der Waals surface area contributed by atoms with Crippen LogP contribution in [-0.4, -0.2) is 54.0 Å². The van der Waals surface area contributed by atoms with E-state index >= 15 is 0 Å². The summed E-state index contributed by atoms with van der Waals surface area (Å²) in [6, 6.07) is 13.8. The predicted molar refractivity (Wildman–Crippen MR) is 107 cm³/mol. The standard InChI is InChI=1S/C22H23N3O2/c1-3-21(26)24-12-14-25(15-13-24)22(27)23-17(2)8-9-18-10-11-19-6-4-5-7-20(19)16-18/h3-7,10-11,16-17H,1,12-15H2,2H3,(H,23,27). The van der Waals surface area contributed by atoms with E-state index in [1.54, 1.807) is 9.80 Å². The van der Waals surface area contributed by atoms with Gasteiger partial charge in [-0.05, 0) is 35.9 Å². The number of nitrogens with zero attached hydrogens (tertiary/aromatic N) is 2. The summed E-state index contributed by atoms with van der Waals surface area (Å²) in [4.78, 5) is 27.4. The molecule has 1 heterocycles. The molecule has 27 heavy (non-hydrogen) atoms. The summed E-state index contributed by atoms with van der Waals surface area (Å²) in [6.07, 6.45) is 1.31. The van der Waals surface area contributed by atoms with E-state index in [-0.39, 0.29) is 18.0 Å². The van der Waals surface area contributed by atoms with Crippen molar-refractivity contribution in [2.24, 2.45) is 0 Å². The van der Waals surface area contributed by atoms with Gasteiger partial charge in [-0.25, -0.2) is 4.79 Å². The fourth-order valence-corrected chi connectivity index (χ4v) is 3.03. The first-order valence-electron chi connectivity index (χ1n) is 9.04. The molecule has 2 aromatic rings. The summed E-state index contributed by atoms with van der Waals surface area (Å²) in [5.41, 5.74) is 0.923. The maximum atomic E-state index is 12.4. The van der Waals surface area contributed by atoms with E-state index in [0.717, 1.165) is 10.9 Å². The Morgan fingerprint density at radius 1 is 1.07 bits per heavy atom. The minimum atomic E-state index is -0.267. The lowest BCUT2D eigenvalue weighted by Crippen LogP contribution is -2.53. The molecular weight excluding hydrogens is 338 g/mol. The Kier molecular flexibility index (Phi) is 5.77. The van der Waals surface area contributed by atoms with Gasteiger partial charge < -0.3 is 15.1 Å². The first-order chi connectivity index (χ1) is 13.1. The van der Waals surface area contributed by atoms with Gasteiger partial charge in [0.05, 0.1) is 6.04 Å². The van der Waals surface area contributed by atoms with Crippen LogP contribution in [0.15, 0.2) is 55.1 Å². The van der Waals surface area contributed by atoms with Gasteiger partial charge in [-0.15, -0.1) is 0 Å². The Bertz CT molecular complexity index is 918. The second-order valence-corrected chi connectivity index (χ2v) is 6.52. The van der Waals surface area contributed by atoms with Crippen molar-refractivity contribution in [3.63, 3.8) is 0 Å². The van der Waals surface area contributed by atoms with Crippen LogP contribution in [0.25, 0.3) is 10.8 Å². The Hall–Kier alpha value is -3.26. The van der Waals surface area contributed by atoms with Crippen molar-refractivity contribution >= 4 is 22.7 Å². The molecule has 3 rings (SSSR count). The van der Waals surface area contributed by atoms with Gasteiger partial charge in [0, 0.05) is 31.7 Å². The van der Waals surface area contributed by atoms with Gasteiger partial charge in [-0.2, -0.15) is 0 Å². The maximum absolute atomic E-state index is 12.4. The number of urea groups is 1. The molecule has 1 aliphatic heterocycles. The molecule has 0 radical (unpaired) electrons. The number of carbonyl (C=O) groups is 2. The third-order valence-electron chi connectivity index (χ3n) is 4.58. The third kappa shape index (κ3) is 4.68. The first-order valence-corrected chi connectivity index (χ1v) is 9.04. The normalized spacial score (nSPS) is 14.9. The molecule has 5 nitrogen and oxygen atoms in total. The zero-order valence-electron chi connectivity index (χ0n) is 15.4. The summed E-state index contributed by atoms with van der Waals surface area (Å²) < 4.78 is 0. The molecule has 0 saturated carbocycles. The van der Waals surface area contributed by atoms with E-state index in [1.165, 1.54) is 11.5 Å². The number of hydrogen-bond acceptors (Lipinski definition) is 2. The number of carbonyl (C=O) groups excluding carboxylic acids is 2. The lowest BCUT2D eigenvalue weighted by molar-refractivity contribution is -0.127. The number of nitrogens with one attached hydrogen (secondary N) is 1. The van der Waals surface area contributed by atoms with Crippen molar-refractivity contribution in [2.45, 2.75) is 13.0 Å². The predicted octanol–water partition coefficient (Wildman–Crippen LogP) is 2.62. The van der Waals surface area contributed by atoms with Crippen LogP contribution < -0.4 is 5.32 Å². The van der Waals surface area contributed by atoms with Gasteiger partial charge in [-0.3, -0.25) is 4.79 Å². The number of hydrogen-bond donors (Lipinski definition) is 1. The molecule has 1 unspecified atom stereocenters. The van der Waals surface area contributed by atoms with Crippen molar-refractivity contribution < 1.29 is 9.59 Å². The van der Waals surface area contributed by atoms with Gasteiger partial charge in [0.1, 0.15) is 0 Å². The minimum absolute atomic E-state index is 0.0929. The van der Waals surface area contributed by atoms with E-state index in [2.05, 4.69) is 35.9 Å². The lowest BCUT2D eigenvalue weighted by atomic mass is 10.1. The molecule has 1 saturated heterocycles. The molecule has 1 atom stereocenters. The van der Waals surface area contributed by atoms with Crippen LogP contribution in [0, 0.1) is 11.8 Å². The SMILES string of the molecule is C=CC(=O)N1CCN(C(=O)NC(C)C#Cc2ccc3ccccc3c2)CC1. The zero-order chi connectivity index (χ0) is 19.2. The average Bonchev–Trinajstić information content (AvgIpc) is 2.71. The molecule has 0 aliphatic carbocycles. The monoisotopic (exact) mass is 361 g/mol. The summed E-state index contributed by atoms with van der Waals surface area (Å²) in [5, 5.41) is 5.23. The third-order valence-corrected chi connectivity index (χ3v) is 4.58. The van der Waals surface area contributed by atoms with Gasteiger partial charge in [0.15, 0.2) is 0 Å². The fraction of sp³-hybridized carbons (Fsp3) is 0.273. The highest BCUT2D eigenvalue weighted by molar-refractivity contribution is 5.87. The first kappa shape index (κ1) is 18.5. The van der Waals surface area contributed by atoms with Gasteiger partial charge >= 0.3 is 6.03 Å². The average molecular weight is 361 g/mol. The van der Waals surface area contributed by atoms with E-state index in [9.17, 15) is 9.59 Å². The van der Waals surface area contributed by atoms with Crippen LogP contribution in [0.3, 0.4) is 0 Å². The van der Waals surface area contributed by atoms with Gasteiger partial charge in [0.2, 0.25) is 5.91 Å². The van der Waals surface area contributed by atoms with E-state index in [1.807, 2.05) is 37.3 Å². The quantitative estimate of drug-likeness (QED) is 0.660. The molecule has 0 aromatic heterocycles. The highest BCUT2D eigenvalue weighted by Gasteiger charge is 2.23. The number of benzene rings is 2. The van der Waals surface area contributed by atoms with Crippen molar-refractivity contribution in [1.29, 1.82) is 0 Å². The van der Waals surface area contributed by atoms with Crippen molar-refractivity contribution in [3.8, 4) is 11.8 Å². The van der Waals surface area contributed by atoms with Crippen molar-refractivity contribution in [3.05, 3.63) is 60.7 Å². The molecule has 2 aromatic carbocycles. The summed E-state index contributed by atoms with van der Waals surface area (Å²) in [5.74, 6) is 6.12. The molecule has 138 valence electrons. The largest absolute Gasteiger partial charge is 0.336 e. The van der Waals surface area contributed by atoms with Crippen molar-refractivity contribution in [2.75, 3.05) is 26.2 Å². The van der Waals surface area contributed by atoms with Crippen LogP contribution in [0.5, 0.6) is 0 Å². The smallest absolute Gasteiger partial charge is 0.318 e. The highest BCUT2D eigenvalue weighted by Crippen LogP contribution is 2.14. The van der Waals surface area contributed by atoms with E-state index in [4.69, 9.17) is 0 Å². The molecule has 5 heteroatoms. The number of amides is 3. The molecular formula is C22H23N3O2. The zero-order valence-corrected chi connectivity index (χ0v) is 15.4. The van der Waals surface area contributed by atoms with Gasteiger partial charge in [-0.1, -0.05) is 48.8 Å². The van der Waals surface area contributed by atoms with E-state index < -0.39 is 0 Å². The molecule has 3 amide bonds. The van der Waals surface area contributed by atoms with Crippen LogP contribution in [0.4, 0.5) is 4.79 Å². The number of piperazine rings is 1. The summed E-state index contributed by atoms with van der Waals surface area (Å²) in [7, 11) is 0. The molecule has 1 N–H and O–H groups in total. The Balaban J connectivity index is 1.55. The van der Waals surface area contributed by atoms with Crippen LogP contribution in [0.2, 0.25) is 0 Å². The van der Waals surface area contributed by atoms with Crippen LogP contribution >= 0.6 is 0 Å². The fourth-order valence-electron chi connectivity index (χ4n) is 3.03. The van der Waals surface area contributed by atoms with Crippen LogP contribution in [-0.2, 0) is 4.79 Å². The molecule has 0 bridgehead atoms. The topological polar surface area (TPSA) is 52.7 Å². The second kappa shape index (κ2) is 8.41. The number of fused-ring (bicyclic) bond motifs is 1. The number of rotatable bonds is 2. The van der Waals surface area contributed by atoms with Crippen LogP contribution in [0.1, 0.15) is 12.5 Å². The minimum Gasteiger partial charge on any atom is -0.336 e. The molecule has 0 spiro atoms. The summed E-state index contributed by atoms with van der Waals surface area (Å²) >= 11 is 0. The maximum Gasteiger partial charge on any atom is 0.318 e. The van der Waals surface area contributed by atoms with Crippen molar-refractivity contribution in [1.82, 2.24) is 15.1 Å². The summed E-state index contributed by atoms with van der Waals surface area (Å²) in [6.45, 7) is 7.42. The Labute approximate surface area is 159 Å². The Morgan fingerprint density at radius 3 is 2.44 bits per heavy atom. The molecule has 1 fully saturated rings.